The van der Waals surface area contributed by atoms with Gasteiger partial charge in [-0.15, -0.1) is 0 Å². The third-order valence-electron chi connectivity index (χ3n) is 35.0. The normalized spacial score (nSPS) is 15.3. The molecule has 8 heterocycles. The number of fused-ring (bicyclic) bond motifs is 20. The van der Waals surface area contributed by atoms with Crippen molar-refractivity contribution in [3.05, 3.63) is 323 Å². The standard InChI is InChI=1S/C134H136B2N4/c1-127(2,3)93-45-33-81(34-46-93)86-43-57-115-101(63-86)109-71-90(85-39-51-96(52-40-85)130(10,11)12)72-113-125(109)137(115)119-73-91(79-29-25-23-26-30-79)65-105-111-70-89(68-108-104-75-98(131(13,14)15)55-60-118(104)140(124(108)111)135(113)121(105)119)84-41-53-97(54-42-84)133(19,20)61-62-134(21,22)99-56-59-116-103(76-99)112-77-100(132(16,17)18)78-114-126(112)138(116)120-74-92(80-31-27-24-28-32-80)66-106-110-69-88(83-37-49-95(50-38-83)129(7,8)9)67-107-102-64-87(82-35-47-94(48-36-82)128(4,5)6)44-58-117(102)139(123(107)110)136(114)122(106)120/h33-60,63-80H,23-32,61-62H2,1-22H3. The smallest absolute Gasteiger partial charge is 0.333 e. The summed E-state index contributed by atoms with van der Waals surface area (Å²) in [6.07, 6.45) is 14.7. The van der Waals surface area contributed by atoms with E-state index in [9.17, 15) is 0 Å². The maximum absolute atomic E-state index is 2.83. The van der Waals surface area contributed by atoms with E-state index in [-0.39, 0.29) is 57.0 Å². The van der Waals surface area contributed by atoms with Gasteiger partial charge in [0.05, 0.1) is 22.1 Å². The fraction of sp³-hybridized carbons (Fsp3) is 0.328. The van der Waals surface area contributed by atoms with Crippen LogP contribution in [-0.2, 0) is 43.3 Å². The Morgan fingerprint density at radius 1 is 0.221 bits per heavy atom. The quantitative estimate of drug-likeness (QED) is 0.109. The van der Waals surface area contributed by atoms with Gasteiger partial charge >= 0.3 is 13.7 Å². The van der Waals surface area contributed by atoms with Gasteiger partial charge in [0.15, 0.2) is 0 Å². The number of nitrogens with zero attached hydrogens (tertiary/aromatic N) is 4. The van der Waals surface area contributed by atoms with Crippen LogP contribution in [0.4, 0.5) is 0 Å². The number of benzene rings is 15. The minimum atomic E-state index is -0.161. The van der Waals surface area contributed by atoms with Crippen molar-refractivity contribution < 1.29 is 0 Å². The van der Waals surface area contributed by atoms with Gasteiger partial charge in [-0.25, -0.2) is 0 Å². The van der Waals surface area contributed by atoms with E-state index in [0.717, 1.165) is 12.8 Å². The van der Waals surface area contributed by atoms with Gasteiger partial charge in [-0.3, -0.25) is 0 Å². The molecule has 6 aliphatic rings. The summed E-state index contributed by atoms with van der Waals surface area (Å²) in [5.41, 5.74) is 50.6. The van der Waals surface area contributed by atoms with E-state index in [4.69, 9.17) is 0 Å². The summed E-state index contributed by atoms with van der Waals surface area (Å²) in [5.74, 6) is 0.989. The van der Waals surface area contributed by atoms with Crippen LogP contribution in [0.5, 0.6) is 0 Å². The lowest BCUT2D eigenvalue weighted by atomic mass is 9.45. The predicted molar refractivity (Wildman–Crippen MR) is 606 cm³/mol. The Morgan fingerprint density at radius 3 is 0.921 bits per heavy atom. The van der Waals surface area contributed by atoms with Crippen LogP contribution in [0, 0.1) is 0 Å². The molecule has 19 aromatic rings. The highest BCUT2D eigenvalue weighted by Crippen LogP contribution is 2.54. The number of aromatic nitrogens is 4. The van der Waals surface area contributed by atoms with Gasteiger partial charge in [-0.2, -0.15) is 0 Å². The lowest BCUT2D eigenvalue weighted by molar-refractivity contribution is 0.375. The van der Waals surface area contributed by atoms with E-state index in [1.165, 1.54) is 318 Å². The monoisotopic (exact) mass is 1820 g/mol. The van der Waals surface area contributed by atoms with E-state index in [1.807, 2.05) is 0 Å². The van der Waals surface area contributed by atoms with Gasteiger partial charge in [0.1, 0.15) is 0 Å². The largest absolute Gasteiger partial charge is 0.375 e. The average Bonchev–Trinajstić information content (AvgIpc) is 1.52. The fourth-order valence-corrected chi connectivity index (χ4v) is 26.3. The number of rotatable bonds is 12. The van der Waals surface area contributed by atoms with Crippen LogP contribution in [0.1, 0.15) is 297 Å². The predicted octanol–water partition coefficient (Wildman–Crippen LogP) is 34.2. The van der Waals surface area contributed by atoms with Crippen LogP contribution < -0.4 is 21.9 Å². The first-order chi connectivity index (χ1) is 66.6. The molecular formula is C134H136B2N4. The van der Waals surface area contributed by atoms with Crippen molar-refractivity contribution >= 4 is 123 Å². The summed E-state index contributed by atoms with van der Waals surface area (Å²) in [5, 5.41) is 10.7. The molecule has 6 heteroatoms. The van der Waals surface area contributed by atoms with Crippen molar-refractivity contribution in [1.82, 2.24) is 18.1 Å². The molecule has 2 fully saturated rings. The molecule has 698 valence electrons. The maximum Gasteiger partial charge on any atom is 0.333 e. The second-order valence-corrected chi connectivity index (χ2v) is 51.2. The Hall–Kier alpha value is -12.4. The fourth-order valence-electron chi connectivity index (χ4n) is 26.3. The molecule has 0 atom stereocenters. The summed E-state index contributed by atoms with van der Waals surface area (Å²) < 4.78 is 11.2. The summed E-state index contributed by atoms with van der Waals surface area (Å²) in [7, 11) is 0. The Balaban J connectivity index is 0.606. The van der Waals surface area contributed by atoms with Gasteiger partial charge in [0, 0.05) is 87.7 Å². The lowest BCUT2D eigenvalue weighted by Gasteiger charge is -2.36. The molecule has 0 radical (unpaired) electrons. The van der Waals surface area contributed by atoms with Crippen molar-refractivity contribution in [1.29, 1.82) is 0 Å². The van der Waals surface area contributed by atoms with E-state index < -0.39 is 0 Å². The van der Waals surface area contributed by atoms with Crippen LogP contribution in [0.25, 0.3) is 176 Å². The summed E-state index contributed by atoms with van der Waals surface area (Å²) in [6.45, 7) is 52.3. The molecule has 0 N–H and O–H groups in total. The molecule has 0 bridgehead atoms. The van der Waals surface area contributed by atoms with E-state index >= 15 is 0 Å². The SMILES string of the molecule is CC(C)(C)c1ccc(-c2ccc3c(c2)c2cc(-c4ccc(C(C)(C)C)cc4)cc4c2n3B2c3c-4cc(C4CCCCC4)cc3-n3c4ccc(C(C)(C)CCC(C)(C)c5ccc(-c6cc7c8c(c6)c6cc(C(C)(C)C)ccc6n8B6c8c-7cc(C7CCCCC7)cc8-n7c8ccc(-c9ccc(C(C)(C)C)cc9)cc8c8cc(-c9ccc(C(C)(C)C)cc9)cc6c87)cc5)cc4c4cc(C(C)(C)C)cc2c43)cc1. The highest BCUT2D eigenvalue weighted by Gasteiger charge is 2.47. The van der Waals surface area contributed by atoms with Crippen molar-refractivity contribution in [2.24, 2.45) is 0 Å². The molecule has 25 rings (SSSR count). The van der Waals surface area contributed by atoms with Crippen LogP contribution in [0.3, 0.4) is 0 Å². The Bertz CT molecular complexity index is 8420. The van der Waals surface area contributed by atoms with Crippen molar-refractivity contribution in [2.75, 3.05) is 0 Å². The lowest BCUT2D eigenvalue weighted by Crippen LogP contribution is -2.55. The molecule has 2 saturated carbocycles. The third kappa shape index (κ3) is 14.1. The maximum atomic E-state index is 2.83. The summed E-state index contributed by atoms with van der Waals surface area (Å²) >= 11 is 0. The van der Waals surface area contributed by atoms with E-state index in [0.29, 0.717) is 11.8 Å². The molecule has 4 aliphatic heterocycles. The van der Waals surface area contributed by atoms with Crippen molar-refractivity contribution in [2.45, 2.75) is 285 Å². The number of hydrogen-bond donors (Lipinski definition) is 0. The Kier molecular flexibility index (Phi) is 19.8. The van der Waals surface area contributed by atoms with E-state index in [2.05, 4.69) is 437 Å². The summed E-state index contributed by atoms with van der Waals surface area (Å²) in [4.78, 5) is 0. The van der Waals surface area contributed by atoms with Gasteiger partial charge in [-0.05, 0) is 335 Å². The highest BCUT2D eigenvalue weighted by atomic mass is 15.0. The zero-order valence-corrected chi connectivity index (χ0v) is 87.0. The minimum Gasteiger partial charge on any atom is -0.375 e. The topological polar surface area (TPSA) is 19.7 Å². The van der Waals surface area contributed by atoms with Crippen molar-refractivity contribution in [3.8, 4) is 89.3 Å². The molecule has 0 amide bonds. The molecule has 0 unspecified atom stereocenters. The van der Waals surface area contributed by atoms with Gasteiger partial charge in [0.25, 0.3) is 0 Å². The van der Waals surface area contributed by atoms with E-state index in [1.54, 1.807) is 0 Å². The molecule has 140 heavy (non-hydrogen) atoms. The zero-order chi connectivity index (χ0) is 96.8. The molecule has 0 spiro atoms. The number of hydrogen-bond acceptors (Lipinski definition) is 0. The third-order valence-corrected chi connectivity index (χ3v) is 35.0. The van der Waals surface area contributed by atoms with Gasteiger partial charge in [-0.1, -0.05) is 361 Å². The van der Waals surface area contributed by atoms with Crippen molar-refractivity contribution in [3.63, 3.8) is 0 Å². The molecule has 0 saturated heterocycles. The van der Waals surface area contributed by atoms with Crippen LogP contribution in [-0.4, -0.2) is 31.8 Å². The molecule has 15 aromatic carbocycles. The van der Waals surface area contributed by atoms with Crippen LogP contribution >= 0.6 is 0 Å². The molecule has 4 aromatic heterocycles. The minimum absolute atomic E-state index is 0.0316. The van der Waals surface area contributed by atoms with Gasteiger partial charge in [0.2, 0.25) is 0 Å². The highest BCUT2D eigenvalue weighted by molar-refractivity contribution is 6.91. The van der Waals surface area contributed by atoms with Crippen LogP contribution in [0.2, 0.25) is 0 Å². The second-order valence-electron chi connectivity index (χ2n) is 51.2. The summed E-state index contributed by atoms with van der Waals surface area (Å²) in [6, 6.07) is 110. The molecular weight excluding hydrogens is 1690 g/mol. The molecule has 4 nitrogen and oxygen atoms in total. The first-order valence-electron chi connectivity index (χ1n) is 53.1. The average molecular weight is 1820 g/mol. The Labute approximate surface area is 831 Å². The zero-order valence-electron chi connectivity index (χ0n) is 87.0. The Morgan fingerprint density at radius 2 is 0.507 bits per heavy atom. The van der Waals surface area contributed by atoms with Gasteiger partial charge < -0.3 is 18.1 Å². The first-order valence-corrected chi connectivity index (χ1v) is 53.1. The molecule has 2 aliphatic carbocycles. The second kappa shape index (κ2) is 31.1. The first kappa shape index (κ1) is 89.0. The van der Waals surface area contributed by atoms with Crippen LogP contribution in [0.15, 0.2) is 267 Å².